The normalized spacial score (nSPS) is 11.7. The number of halogens is 3. The maximum Gasteiger partial charge on any atom is 0.278 e. The Kier molecular flexibility index (Phi) is 5.43. The second-order valence-corrected chi connectivity index (χ2v) is 3.25. The molecule has 0 spiro atoms. The molecule has 0 aliphatic rings. The topological polar surface area (TPSA) is 89.4 Å². The van der Waals surface area contributed by atoms with Crippen LogP contribution in [0.1, 0.15) is 11.6 Å². The number of aromatic hydroxyl groups is 1. The fourth-order valence-corrected chi connectivity index (χ4v) is 1.34. The SMILES string of the molecule is Cl.N[C@@H](CF)c1c([N+](=O)[O-])ccc(Cl)c1O. The van der Waals surface area contributed by atoms with E-state index < -0.39 is 29.1 Å². The largest absolute Gasteiger partial charge is 0.506 e. The summed E-state index contributed by atoms with van der Waals surface area (Å²) >= 11 is 5.54. The van der Waals surface area contributed by atoms with Gasteiger partial charge in [-0.05, 0) is 6.07 Å². The van der Waals surface area contributed by atoms with Gasteiger partial charge in [-0.15, -0.1) is 12.4 Å². The average molecular weight is 271 g/mol. The molecule has 0 saturated carbocycles. The van der Waals surface area contributed by atoms with Crippen molar-refractivity contribution >= 4 is 29.7 Å². The van der Waals surface area contributed by atoms with E-state index in [-0.39, 0.29) is 23.0 Å². The summed E-state index contributed by atoms with van der Waals surface area (Å²) in [5.41, 5.74) is 4.58. The lowest BCUT2D eigenvalue weighted by Crippen LogP contribution is -2.14. The molecule has 0 radical (unpaired) electrons. The van der Waals surface area contributed by atoms with E-state index in [9.17, 15) is 19.6 Å². The molecule has 0 aliphatic heterocycles. The van der Waals surface area contributed by atoms with Crippen LogP contribution in [-0.4, -0.2) is 16.7 Å². The van der Waals surface area contributed by atoms with Crippen LogP contribution < -0.4 is 5.73 Å². The van der Waals surface area contributed by atoms with E-state index in [0.717, 1.165) is 12.1 Å². The van der Waals surface area contributed by atoms with E-state index in [1.165, 1.54) is 0 Å². The van der Waals surface area contributed by atoms with Crippen molar-refractivity contribution in [2.75, 3.05) is 6.67 Å². The minimum atomic E-state index is -1.26. The van der Waals surface area contributed by atoms with Gasteiger partial charge in [0.15, 0.2) is 0 Å². The quantitative estimate of drug-likeness (QED) is 0.652. The van der Waals surface area contributed by atoms with Crippen molar-refractivity contribution in [3.8, 4) is 5.75 Å². The summed E-state index contributed by atoms with van der Waals surface area (Å²) in [6.45, 7) is -1.02. The Labute approximate surface area is 102 Å². The maximum atomic E-state index is 12.3. The van der Waals surface area contributed by atoms with Crippen LogP contribution >= 0.6 is 24.0 Å². The molecule has 0 unspecified atom stereocenters. The molecule has 0 aliphatic carbocycles. The number of phenolic OH excluding ortho intramolecular Hbond substituents is 1. The number of alkyl halides is 1. The number of rotatable bonds is 3. The second kappa shape index (κ2) is 5.83. The maximum absolute atomic E-state index is 12.3. The van der Waals surface area contributed by atoms with Gasteiger partial charge in [0.05, 0.1) is 21.6 Å². The summed E-state index contributed by atoms with van der Waals surface area (Å²) < 4.78 is 12.3. The van der Waals surface area contributed by atoms with Gasteiger partial charge in [0.25, 0.3) is 5.69 Å². The lowest BCUT2D eigenvalue weighted by molar-refractivity contribution is -0.385. The van der Waals surface area contributed by atoms with Crippen LogP contribution in [0.25, 0.3) is 0 Å². The van der Waals surface area contributed by atoms with Gasteiger partial charge in [0.2, 0.25) is 0 Å². The van der Waals surface area contributed by atoms with Crippen molar-refractivity contribution in [3.63, 3.8) is 0 Å². The smallest absolute Gasteiger partial charge is 0.278 e. The molecule has 0 saturated heterocycles. The fourth-order valence-electron chi connectivity index (χ4n) is 1.17. The Bertz CT molecular complexity index is 403. The Balaban J connectivity index is 0.00000225. The van der Waals surface area contributed by atoms with Gasteiger partial charge in [-0.3, -0.25) is 10.1 Å². The number of nitrogens with two attached hydrogens (primary N) is 1. The van der Waals surface area contributed by atoms with E-state index >= 15 is 0 Å². The summed E-state index contributed by atoms with van der Waals surface area (Å²) in [6.07, 6.45) is 0. The van der Waals surface area contributed by atoms with Crippen LogP contribution in [-0.2, 0) is 0 Å². The minimum Gasteiger partial charge on any atom is -0.506 e. The highest BCUT2D eigenvalue weighted by atomic mass is 35.5. The molecular formula is C8H9Cl2FN2O3. The zero-order valence-electron chi connectivity index (χ0n) is 7.89. The summed E-state index contributed by atoms with van der Waals surface area (Å²) in [7, 11) is 0. The van der Waals surface area contributed by atoms with Gasteiger partial charge in [0.1, 0.15) is 12.4 Å². The van der Waals surface area contributed by atoms with Gasteiger partial charge in [-0.2, -0.15) is 0 Å². The van der Waals surface area contributed by atoms with Crippen LogP contribution in [0, 0.1) is 10.1 Å². The molecule has 0 amide bonds. The first kappa shape index (κ1) is 14.9. The van der Waals surface area contributed by atoms with Gasteiger partial charge < -0.3 is 10.8 Å². The monoisotopic (exact) mass is 270 g/mol. The molecule has 0 aromatic heterocycles. The highest BCUT2D eigenvalue weighted by Gasteiger charge is 2.25. The number of nitro benzene ring substituents is 1. The van der Waals surface area contributed by atoms with Gasteiger partial charge in [0, 0.05) is 6.07 Å². The number of hydrogen-bond donors (Lipinski definition) is 2. The van der Waals surface area contributed by atoms with Crippen molar-refractivity contribution in [2.45, 2.75) is 6.04 Å². The Morgan fingerprint density at radius 2 is 2.19 bits per heavy atom. The third-order valence-corrected chi connectivity index (χ3v) is 2.18. The average Bonchev–Trinajstić information content (AvgIpc) is 2.20. The molecule has 5 nitrogen and oxygen atoms in total. The van der Waals surface area contributed by atoms with E-state index in [1.807, 2.05) is 0 Å². The minimum absolute atomic E-state index is 0. The van der Waals surface area contributed by atoms with Gasteiger partial charge in [-0.25, -0.2) is 4.39 Å². The molecule has 3 N–H and O–H groups in total. The van der Waals surface area contributed by atoms with Crippen molar-refractivity contribution in [1.82, 2.24) is 0 Å². The molecule has 0 fully saturated rings. The molecule has 16 heavy (non-hydrogen) atoms. The van der Waals surface area contributed by atoms with Gasteiger partial charge >= 0.3 is 0 Å². The number of nitrogens with zero attached hydrogens (tertiary/aromatic N) is 1. The zero-order chi connectivity index (χ0) is 11.6. The highest BCUT2D eigenvalue weighted by molar-refractivity contribution is 6.32. The molecule has 0 heterocycles. The molecule has 1 aromatic carbocycles. The Morgan fingerprint density at radius 1 is 1.62 bits per heavy atom. The van der Waals surface area contributed by atoms with Crippen LogP contribution in [0.4, 0.5) is 10.1 Å². The second-order valence-electron chi connectivity index (χ2n) is 2.85. The zero-order valence-corrected chi connectivity index (χ0v) is 9.46. The number of benzene rings is 1. The standard InChI is InChI=1S/C8H8ClFN2O3.ClH/c9-4-1-2-6(12(14)15)7(8(4)13)5(11)3-10;/h1-2,5,13H,3,11H2;1H/t5-;/m0./s1. The summed E-state index contributed by atoms with van der Waals surface area (Å²) in [4.78, 5) is 9.83. The van der Waals surface area contributed by atoms with Crippen molar-refractivity contribution in [3.05, 3.63) is 32.8 Å². The van der Waals surface area contributed by atoms with Crippen LogP contribution in [0.15, 0.2) is 12.1 Å². The molecule has 90 valence electrons. The number of phenols is 1. The predicted molar refractivity (Wildman–Crippen MR) is 59.9 cm³/mol. The molecule has 1 rings (SSSR count). The summed E-state index contributed by atoms with van der Waals surface area (Å²) in [5.74, 6) is -0.545. The summed E-state index contributed by atoms with van der Waals surface area (Å²) in [6, 6.07) is 0.972. The van der Waals surface area contributed by atoms with E-state index in [2.05, 4.69) is 0 Å². The van der Waals surface area contributed by atoms with E-state index in [4.69, 9.17) is 17.3 Å². The van der Waals surface area contributed by atoms with E-state index in [1.54, 1.807) is 0 Å². The third kappa shape index (κ3) is 2.72. The molecule has 8 heteroatoms. The fraction of sp³-hybridized carbons (Fsp3) is 0.250. The number of nitro groups is 1. The highest BCUT2D eigenvalue weighted by Crippen LogP contribution is 2.37. The first-order valence-corrected chi connectivity index (χ1v) is 4.34. The lowest BCUT2D eigenvalue weighted by Gasteiger charge is -2.10. The molecule has 0 bridgehead atoms. The molecular weight excluding hydrogens is 262 g/mol. The van der Waals surface area contributed by atoms with E-state index in [0.29, 0.717) is 0 Å². The van der Waals surface area contributed by atoms with Crippen LogP contribution in [0.5, 0.6) is 5.75 Å². The van der Waals surface area contributed by atoms with Gasteiger partial charge in [-0.1, -0.05) is 11.6 Å². The molecule has 1 aromatic rings. The molecule has 1 atom stereocenters. The Morgan fingerprint density at radius 3 is 2.62 bits per heavy atom. The Hall–Kier alpha value is -1.11. The van der Waals surface area contributed by atoms with Crippen LogP contribution in [0.3, 0.4) is 0 Å². The lowest BCUT2D eigenvalue weighted by atomic mass is 10.1. The van der Waals surface area contributed by atoms with Crippen molar-refractivity contribution < 1.29 is 14.4 Å². The summed E-state index contributed by atoms with van der Waals surface area (Å²) in [5, 5.41) is 19.9. The first-order chi connectivity index (χ1) is 6.99. The third-order valence-electron chi connectivity index (χ3n) is 1.88. The predicted octanol–water partition coefficient (Wildman–Crippen LogP) is 2.34. The number of hydrogen-bond acceptors (Lipinski definition) is 4. The van der Waals surface area contributed by atoms with Crippen LogP contribution in [0.2, 0.25) is 5.02 Å². The van der Waals surface area contributed by atoms with Crippen molar-refractivity contribution in [1.29, 1.82) is 0 Å². The first-order valence-electron chi connectivity index (χ1n) is 3.96. The van der Waals surface area contributed by atoms with Crippen molar-refractivity contribution in [2.24, 2.45) is 5.73 Å².